The number of hydrogen-bond donors (Lipinski definition) is 3. The van der Waals surface area contributed by atoms with Crippen LogP contribution in [0, 0.1) is 22.0 Å². The molecule has 1 saturated carbocycles. The van der Waals surface area contributed by atoms with Crippen LogP contribution >= 0.6 is 11.8 Å². The lowest BCUT2D eigenvalue weighted by Crippen LogP contribution is -2.60. The van der Waals surface area contributed by atoms with Crippen molar-refractivity contribution in [3.63, 3.8) is 0 Å². The highest BCUT2D eigenvalue weighted by Crippen LogP contribution is 2.39. The fourth-order valence-electron chi connectivity index (χ4n) is 6.02. The van der Waals surface area contributed by atoms with Gasteiger partial charge in [0, 0.05) is 35.3 Å². The summed E-state index contributed by atoms with van der Waals surface area (Å²) in [5, 5.41) is 26.3. The van der Waals surface area contributed by atoms with E-state index in [1.807, 2.05) is 56.0 Å². The fourth-order valence-corrected chi connectivity index (χ4v) is 8.59. The first-order chi connectivity index (χ1) is 19.8. The summed E-state index contributed by atoms with van der Waals surface area (Å²) in [4.78, 5) is 26.8. The van der Waals surface area contributed by atoms with E-state index in [1.165, 1.54) is 30.0 Å². The first-order valence-corrected chi connectivity index (χ1v) is 17.0. The third kappa shape index (κ3) is 8.53. The number of nitrogens with zero attached hydrogens (tertiary/aromatic N) is 2. The summed E-state index contributed by atoms with van der Waals surface area (Å²) in [5.74, 6) is 0.966. The minimum atomic E-state index is -4.36. The molecule has 0 spiro atoms. The molecule has 0 aromatic heterocycles. The molecular weight excluding hydrogens is 576 g/mol. The number of para-hydroxylation sites is 1. The lowest BCUT2D eigenvalue weighted by atomic mass is 9.72. The van der Waals surface area contributed by atoms with Crippen molar-refractivity contribution in [3.8, 4) is 0 Å². The van der Waals surface area contributed by atoms with Crippen LogP contribution in [0.1, 0.15) is 52.9 Å². The zero-order valence-electron chi connectivity index (χ0n) is 24.4. The van der Waals surface area contributed by atoms with Crippen molar-refractivity contribution in [3.05, 3.63) is 64.7 Å². The molecule has 2 aromatic rings. The molecular formula is C30H42N4O6S2. The Balaban J connectivity index is 1.59. The Labute approximate surface area is 252 Å². The first kappa shape index (κ1) is 32.4. The second-order valence-corrected chi connectivity index (χ2v) is 15.2. The maximum atomic E-state index is 13.5. The van der Waals surface area contributed by atoms with Crippen LogP contribution in [-0.4, -0.2) is 71.8 Å². The van der Waals surface area contributed by atoms with E-state index in [9.17, 15) is 28.4 Å². The van der Waals surface area contributed by atoms with E-state index in [0.29, 0.717) is 24.8 Å². The van der Waals surface area contributed by atoms with Crippen molar-refractivity contribution in [2.45, 2.75) is 86.4 Å². The maximum absolute atomic E-state index is 13.5. The molecule has 1 saturated heterocycles. The molecule has 1 amide bonds. The molecule has 2 aromatic carbocycles. The second-order valence-electron chi connectivity index (χ2n) is 12.4. The number of nitrogens with one attached hydrogen (secondary N) is 2. The molecule has 10 nitrogen and oxygen atoms in total. The Morgan fingerprint density at radius 3 is 2.40 bits per heavy atom. The van der Waals surface area contributed by atoms with E-state index in [-0.39, 0.29) is 18.2 Å². The number of carbonyl (C=O) groups excluding carboxylic acids is 1. The van der Waals surface area contributed by atoms with Gasteiger partial charge >= 0.3 is 0 Å². The Morgan fingerprint density at radius 2 is 1.74 bits per heavy atom. The molecule has 12 heteroatoms. The van der Waals surface area contributed by atoms with Gasteiger partial charge in [0.15, 0.2) is 4.90 Å². The number of nitro groups is 1. The number of β-amino-alcohol motifs (C(OH)–C–C–N with tert-alkyl or cyclic N) is 1. The third-order valence-electron chi connectivity index (χ3n) is 8.02. The number of piperidine rings is 1. The highest BCUT2D eigenvalue weighted by Gasteiger charge is 2.42. The second kappa shape index (κ2) is 13.9. The Kier molecular flexibility index (Phi) is 10.7. The summed E-state index contributed by atoms with van der Waals surface area (Å²) in [6, 6.07) is 13.2. The molecule has 42 heavy (non-hydrogen) atoms. The van der Waals surface area contributed by atoms with Crippen molar-refractivity contribution in [1.29, 1.82) is 0 Å². The topological polar surface area (TPSA) is 142 Å². The molecule has 230 valence electrons. The predicted octanol–water partition coefficient (Wildman–Crippen LogP) is 4.19. The minimum absolute atomic E-state index is 0.0882. The number of aliphatic hydroxyl groups excluding tert-OH is 1. The minimum Gasteiger partial charge on any atom is -0.390 e. The number of sulfonamides is 1. The zero-order valence-corrected chi connectivity index (χ0v) is 26.1. The number of likely N-dealkylation sites (tertiary alicyclic amines) is 1. The lowest BCUT2D eigenvalue weighted by Gasteiger charge is -2.47. The van der Waals surface area contributed by atoms with E-state index in [0.717, 1.165) is 36.6 Å². The monoisotopic (exact) mass is 618 g/mol. The molecule has 2 fully saturated rings. The molecule has 1 aliphatic heterocycles. The van der Waals surface area contributed by atoms with Gasteiger partial charge in [-0.25, -0.2) is 13.1 Å². The number of nitro benzene ring substituents is 1. The highest BCUT2D eigenvalue weighted by atomic mass is 32.2. The molecule has 5 atom stereocenters. The van der Waals surface area contributed by atoms with Crippen LogP contribution in [0.5, 0.6) is 0 Å². The van der Waals surface area contributed by atoms with Crippen molar-refractivity contribution >= 4 is 33.4 Å². The van der Waals surface area contributed by atoms with Gasteiger partial charge in [-0.15, -0.1) is 11.8 Å². The average Bonchev–Trinajstić information content (AvgIpc) is 2.94. The average molecular weight is 619 g/mol. The third-order valence-corrected chi connectivity index (χ3v) is 10.7. The number of amides is 1. The van der Waals surface area contributed by atoms with Gasteiger partial charge < -0.3 is 10.4 Å². The van der Waals surface area contributed by atoms with Gasteiger partial charge in [-0.3, -0.25) is 19.8 Å². The first-order valence-electron chi connectivity index (χ1n) is 14.5. The highest BCUT2D eigenvalue weighted by molar-refractivity contribution is 7.99. The standard InChI is InChI=1S/C30H42N4O6S2/c1-30(2,3)31-29(36)26-17-21-11-7-8-12-22(21)18-33(26)19-27(35)24(20-41-23-13-5-4-6-14-23)32-42(39,40)28-16-10-9-15-25(28)34(37)38/h4-6,9-10,13-16,21-22,24,26-27,32,35H,7-8,11-12,17-20H2,1-3H3,(H,31,36)/t21-,22+,24-,26-,27+/m0/s1. The SMILES string of the molecule is CC(C)(C)NC(=O)[C@@H]1C[C@@H]2CCCC[C@@H]2CN1C[C@@H](O)[C@H](CSc1ccccc1)NS(=O)(=O)c1ccccc1[N+](=O)[O-]. The predicted molar refractivity (Wildman–Crippen MR) is 164 cm³/mol. The van der Waals surface area contributed by atoms with Crippen LogP contribution < -0.4 is 10.0 Å². The molecule has 1 heterocycles. The van der Waals surface area contributed by atoms with Crippen LogP contribution in [0.2, 0.25) is 0 Å². The van der Waals surface area contributed by atoms with E-state index >= 15 is 0 Å². The summed E-state index contributed by atoms with van der Waals surface area (Å²) in [6.45, 7) is 6.55. The van der Waals surface area contributed by atoms with Crippen molar-refractivity contribution in [1.82, 2.24) is 14.9 Å². The smallest absolute Gasteiger partial charge is 0.289 e. The Bertz CT molecular complexity index is 1330. The van der Waals surface area contributed by atoms with Crippen LogP contribution in [0.25, 0.3) is 0 Å². The van der Waals surface area contributed by atoms with Gasteiger partial charge in [-0.05, 0) is 63.6 Å². The number of fused-ring (bicyclic) bond motifs is 1. The van der Waals surface area contributed by atoms with Crippen molar-refractivity contribution in [2.75, 3.05) is 18.8 Å². The van der Waals surface area contributed by atoms with E-state index in [1.54, 1.807) is 0 Å². The van der Waals surface area contributed by atoms with E-state index < -0.39 is 49.3 Å². The summed E-state index contributed by atoms with van der Waals surface area (Å²) >= 11 is 1.38. The number of thioether (sulfide) groups is 1. The Hall–Kier alpha value is -2.51. The van der Waals surface area contributed by atoms with Gasteiger partial charge in [0.25, 0.3) is 5.69 Å². The lowest BCUT2D eigenvalue weighted by molar-refractivity contribution is -0.387. The zero-order chi connectivity index (χ0) is 30.5. The molecule has 0 bridgehead atoms. The molecule has 3 N–H and O–H groups in total. The summed E-state index contributed by atoms with van der Waals surface area (Å²) in [5.41, 5.74) is -0.952. The van der Waals surface area contributed by atoms with E-state index in [2.05, 4.69) is 10.0 Å². The fraction of sp³-hybridized carbons (Fsp3) is 0.567. The maximum Gasteiger partial charge on any atom is 0.289 e. The molecule has 0 unspecified atom stereocenters. The van der Waals surface area contributed by atoms with Gasteiger partial charge in [-0.1, -0.05) is 49.6 Å². The van der Waals surface area contributed by atoms with Crippen molar-refractivity contribution < 1.29 is 23.2 Å². The van der Waals surface area contributed by atoms with E-state index in [4.69, 9.17) is 0 Å². The van der Waals surface area contributed by atoms with Crippen LogP contribution in [-0.2, 0) is 14.8 Å². The Morgan fingerprint density at radius 1 is 1.10 bits per heavy atom. The largest absolute Gasteiger partial charge is 0.390 e. The number of hydrogen-bond acceptors (Lipinski definition) is 8. The normalized spacial score (nSPS) is 23.0. The van der Waals surface area contributed by atoms with Gasteiger partial charge in [0.1, 0.15) is 0 Å². The molecule has 0 radical (unpaired) electrons. The van der Waals surface area contributed by atoms with Crippen LogP contribution in [0.4, 0.5) is 5.69 Å². The quantitative estimate of drug-likeness (QED) is 0.193. The molecule has 2 aliphatic rings. The number of carbonyl (C=O) groups is 1. The summed E-state index contributed by atoms with van der Waals surface area (Å²) in [7, 11) is -4.36. The van der Waals surface area contributed by atoms with Gasteiger partial charge in [0.05, 0.1) is 23.1 Å². The van der Waals surface area contributed by atoms with Crippen LogP contribution in [0.3, 0.4) is 0 Å². The van der Waals surface area contributed by atoms with Gasteiger partial charge in [0.2, 0.25) is 15.9 Å². The number of aliphatic hydroxyl groups is 1. The van der Waals surface area contributed by atoms with Crippen molar-refractivity contribution in [2.24, 2.45) is 11.8 Å². The number of benzene rings is 2. The molecule has 4 rings (SSSR count). The molecule has 1 aliphatic carbocycles. The summed E-state index contributed by atoms with van der Waals surface area (Å²) in [6.07, 6.45) is 3.98. The van der Waals surface area contributed by atoms with Crippen LogP contribution in [0.15, 0.2) is 64.4 Å². The van der Waals surface area contributed by atoms with Gasteiger partial charge in [-0.2, -0.15) is 0 Å². The summed E-state index contributed by atoms with van der Waals surface area (Å²) < 4.78 is 29.5. The number of rotatable bonds is 11.